The molecule has 0 aromatic heterocycles. The van der Waals surface area contributed by atoms with Gasteiger partial charge in [-0.1, -0.05) is 12.1 Å². The normalized spacial score (nSPS) is 10.5. The third-order valence-corrected chi connectivity index (χ3v) is 3.16. The average molecular weight is 313 g/mol. The summed E-state index contributed by atoms with van der Waals surface area (Å²) >= 11 is 0. The van der Waals surface area contributed by atoms with E-state index >= 15 is 0 Å². The molecule has 0 radical (unpaired) electrons. The molecule has 7 heteroatoms. The van der Waals surface area contributed by atoms with Crippen LogP contribution in [0.3, 0.4) is 0 Å². The Bertz CT molecular complexity index is 754. The minimum absolute atomic E-state index is 0.00966. The van der Waals surface area contributed by atoms with Crippen LogP contribution in [-0.2, 0) is 0 Å². The molecular formula is C16H15N3O4. The third-order valence-electron chi connectivity index (χ3n) is 3.16. The second kappa shape index (κ2) is 7.17. The Kier molecular flexibility index (Phi) is 5.03. The largest absolute Gasteiger partial charge is 0.497 e. The van der Waals surface area contributed by atoms with E-state index in [9.17, 15) is 14.9 Å². The van der Waals surface area contributed by atoms with Gasteiger partial charge >= 0.3 is 0 Å². The third kappa shape index (κ3) is 4.13. The highest BCUT2D eigenvalue weighted by Crippen LogP contribution is 2.18. The Hall–Kier alpha value is -3.22. The van der Waals surface area contributed by atoms with Crippen molar-refractivity contribution < 1.29 is 14.5 Å². The molecule has 0 spiro atoms. The molecule has 0 atom stereocenters. The second-order valence-corrected chi connectivity index (χ2v) is 4.73. The smallest absolute Gasteiger partial charge is 0.272 e. The molecule has 0 heterocycles. The number of carbonyl (C=O) groups excluding carboxylic acids is 1. The number of nitrogens with one attached hydrogen (secondary N) is 1. The Morgan fingerprint density at radius 1 is 1.26 bits per heavy atom. The first-order valence-electron chi connectivity index (χ1n) is 6.74. The van der Waals surface area contributed by atoms with Gasteiger partial charge in [0.05, 0.1) is 18.2 Å². The molecule has 23 heavy (non-hydrogen) atoms. The van der Waals surface area contributed by atoms with Crippen molar-refractivity contribution in [3.05, 3.63) is 69.3 Å². The van der Waals surface area contributed by atoms with E-state index in [2.05, 4.69) is 10.5 Å². The van der Waals surface area contributed by atoms with Crippen molar-refractivity contribution in [2.24, 2.45) is 5.10 Å². The molecule has 118 valence electrons. The molecule has 2 aromatic rings. The summed E-state index contributed by atoms with van der Waals surface area (Å²) in [6, 6.07) is 11.3. The van der Waals surface area contributed by atoms with E-state index in [0.29, 0.717) is 22.4 Å². The number of benzene rings is 2. The zero-order valence-electron chi connectivity index (χ0n) is 12.6. The maximum Gasteiger partial charge on any atom is 0.272 e. The highest BCUT2D eigenvalue weighted by molar-refractivity contribution is 5.95. The van der Waals surface area contributed by atoms with Gasteiger partial charge in [-0.3, -0.25) is 14.9 Å². The zero-order valence-corrected chi connectivity index (χ0v) is 12.6. The van der Waals surface area contributed by atoms with Gasteiger partial charge in [-0.05, 0) is 31.2 Å². The summed E-state index contributed by atoms with van der Waals surface area (Å²) in [4.78, 5) is 22.3. The van der Waals surface area contributed by atoms with Gasteiger partial charge in [0.2, 0.25) is 0 Å². The SMILES string of the molecule is COc1ccc(C(=O)N/N=C\c2ccc(C)c([N+](=O)[O-])c2)cc1. The van der Waals surface area contributed by atoms with Gasteiger partial charge in [0.25, 0.3) is 11.6 Å². The van der Waals surface area contributed by atoms with Crippen LogP contribution in [-0.4, -0.2) is 24.2 Å². The molecule has 1 N–H and O–H groups in total. The number of rotatable bonds is 5. The summed E-state index contributed by atoms with van der Waals surface area (Å²) in [5.74, 6) is 0.266. The summed E-state index contributed by atoms with van der Waals surface area (Å²) in [7, 11) is 1.54. The van der Waals surface area contributed by atoms with E-state index in [1.54, 1.807) is 50.4 Å². The molecule has 0 aliphatic rings. The van der Waals surface area contributed by atoms with E-state index in [-0.39, 0.29) is 11.6 Å². The molecule has 0 aliphatic carbocycles. The van der Waals surface area contributed by atoms with E-state index in [1.165, 1.54) is 12.3 Å². The van der Waals surface area contributed by atoms with Crippen LogP contribution < -0.4 is 10.2 Å². The second-order valence-electron chi connectivity index (χ2n) is 4.73. The summed E-state index contributed by atoms with van der Waals surface area (Å²) in [5.41, 5.74) is 3.90. The van der Waals surface area contributed by atoms with Crippen LogP contribution in [0, 0.1) is 17.0 Å². The predicted molar refractivity (Wildman–Crippen MR) is 85.9 cm³/mol. The van der Waals surface area contributed by atoms with Crippen LogP contribution >= 0.6 is 0 Å². The average Bonchev–Trinajstić information content (AvgIpc) is 2.56. The van der Waals surface area contributed by atoms with E-state index in [1.807, 2.05) is 0 Å². The summed E-state index contributed by atoms with van der Waals surface area (Å²) in [5, 5.41) is 14.7. The standard InChI is InChI=1S/C16H15N3O4/c1-11-3-4-12(9-15(11)19(21)22)10-17-18-16(20)13-5-7-14(23-2)8-6-13/h3-10H,1-2H3,(H,18,20)/b17-10-. The number of methoxy groups -OCH3 is 1. The lowest BCUT2D eigenvalue weighted by Crippen LogP contribution is -2.17. The fourth-order valence-electron chi connectivity index (χ4n) is 1.88. The van der Waals surface area contributed by atoms with Gasteiger partial charge < -0.3 is 4.74 Å². The van der Waals surface area contributed by atoms with Crippen LogP contribution in [0.1, 0.15) is 21.5 Å². The van der Waals surface area contributed by atoms with E-state index < -0.39 is 4.92 Å². The van der Waals surface area contributed by atoms with Gasteiger partial charge in [-0.2, -0.15) is 5.10 Å². The molecule has 1 amide bonds. The van der Waals surface area contributed by atoms with Crippen molar-refractivity contribution in [3.8, 4) is 5.75 Å². The van der Waals surface area contributed by atoms with Crippen LogP contribution in [0.4, 0.5) is 5.69 Å². The van der Waals surface area contributed by atoms with Crippen LogP contribution in [0.5, 0.6) is 5.75 Å². The molecule has 0 fully saturated rings. The minimum atomic E-state index is -0.456. The first-order valence-corrected chi connectivity index (χ1v) is 6.74. The van der Waals surface area contributed by atoms with Crippen LogP contribution in [0.2, 0.25) is 0 Å². The molecule has 0 aliphatic heterocycles. The Morgan fingerprint density at radius 3 is 2.57 bits per heavy atom. The van der Waals surface area contributed by atoms with Crippen LogP contribution in [0.15, 0.2) is 47.6 Å². The fraction of sp³-hybridized carbons (Fsp3) is 0.125. The molecule has 7 nitrogen and oxygen atoms in total. The van der Waals surface area contributed by atoms with Crippen molar-refractivity contribution in [3.63, 3.8) is 0 Å². The lowest BCUT2D eigenvalue weighted by Gasteiger charge is -2.02. The van der Waals surface area contributed by atoms with E-state index in [4.69, 9.17) is 4.74 Å². The van der Waals surface area contributed by atoms with Crippen LogP contribution in [0.25, 0.3) is 0 Å². The summed E-state index contributed by atoms with van der Waals surface area (Å²) < 4.78 is 5.01. The number of hydrogen-bond donors (Lipinski definition) is 1. The lowest BCUT2D eigenvalue weighted by molar-refractivity contribution is -0.385. The number of amides is 1. The zero-order chi connectivity index (χ0) is 16.8. The van der Waals surface area contributed by atoms with Crippen molar-refractivity contribution in [1.82, 2.24) is 5.43 Å². The number of nitrogens with zero attached hydrogens (tertiary/aromatic N) is 2. The Labute approximate surface area is 132 Å². The number of nitro groups is 1. The molecule has 0 bridgehead atoms. The summed E-state index contributed by atoms with van der Waals surface area (Å²) in [6.45, 7) is 1.66. The number of aryl methyl sites for hydroxylation is 1. The monoisotopic (exact) mass is 313 g/mol. The minimum Gasteiger partial charge on any atom is -0.497 e. The molecule has 2 aromatic carbocycles. The van der Waals surface area contributed by atoms with Gasteiger partial charge in [0, 0.05) is 22.8 Å². The van der Waals surface area contributed by atoms with Crippen molar-refractivity contribution >= 4 is 17.8 Å². The van der Waals surface area contributed by atoms with Gasteiger partial charge in [-0.15, -0.1) is 0 Å². The van der Waals surface area contributed by atoms with Crippen molar-refractivity contribution in [2.75, 3.05) is 7.11 Å². The first-order chi connectivity index (χ1) is 11.0. The predicted octanol–water partition coefficient (Wildman–Crippen LogP) is 2.68. The van der Waals surface area contributed by atoms with Gasteiger partial charge in [0.15, 0.2) is 0 Å². The van der Waals surface area contributed by atoms with Crippen molar-refractivity contribution in [1.29, 1.82) is 0 Å². The Balaban J connectivity index is 2.04. The molecule has 2 rings (SSSR count). The summed E-state index contributed by atoms with van der Waals surface area (Å²) in [6.07, 6.45) is 1.36. The highest BCUT2D eigenvalue weighted by atomic mass is 16.6. The highest BCUT2D eigenvalue weighted by Gasteiger charge is 2.10. The number of nitro benzene ring substituents is 1. The fourth-order valence-corrected chi connectivity index (χ4v) is 1.88. The lowest BCUT2D eigenvalue weighted by atomic mass is 10.1. The topological polar surface area (TPSA) is 93.8 Å². The Morgan fingerprint density at radius 2 is 1.96 bits per heavy atom. The quantitative estimate of drug-likeness (QED) is 0.521. The number of hydrazone groups is 1. The first kappa shape index (κ1) is 16.2. The van der Waals surface area contributed by atoms with Gasteiger partial charge in [-0.25, -0.2) is 5.43 Å². The number of ether oxygens (including phenoxy) is 1. The maximum atomic E-state index is 11.9. The maximum absolute atomic E-state index is 11.9. The van der Waals surface area contributed by atoms with Gasteiger partial charge in [0.1, 0.15) is 5.75 Å². The molecule has 0 unspecified atom stereocenters. The van der Waals surface area contributed by atoms with E-state index in [0.717, 1.165) is 0 Å². The molecular weight excluding hydrogens is 298 g/mol. The number of hydrogen-bond acceptors (Lipinski definition) is 5. The van der Waals surface area contributed by atoms with Crippen molar-refractivity contribution in [2.45, 2.75) is 6.92 Å². The number of carbonyl (C=O) groups is 1. The molecule has 0 saturated carbocycles. The molecule has 0 saturated heterocycles.